The van der Waals surface area contributed by atoms with E-state index in [0.717, 1.165) is 13.0 Å². The van der Waals surface area contributed by atoms with E-state index in [2.05, 4.69) is 23.8 Å². The first-order valence-electron chi connectivity index (χ1n) is 5.84. The van der Waals surface area contributed by atoms with Gasteiger partial charge in [-0.2, -0.15) is 0 Å². The van der Waals surface area contributed by atoms with Crippen LogP contribution in [0.4, 0.5) is 0 Å². The number of aromatic nitrogens is 1. The molecule has 94 valence electrons. The van der Waals surface area contributed by atoms with Crippen molar-refractivity contribution in [3.05, 3.63) is 23.0 Å². The molecule has 0 aliphatic rings. The maximum Gasteiger partial charge on any atom is 0.145 e. The van der Waals surface area contributed by atoms with Gasteiger partial charge in [0, 0.05) is 30.1 Å². The Bertz CT molecular complexity index is 401. The fourth-order valence-corrected chi connectivity index (χ4v) is 1.41. The lowest BCUT2D eigenvalue weighted by Crippen LogP contribution is -1.99. The van der Waals surface area contributed by atoms with Crippen molar-refractivity contribution < 1.29 is 10.2 Å². The number of aliphatic hydroxyl groups is 1. The largest absolute Gasteiger partial charge is 0.505 e. The summed E-state index contributed by atoms with van der Waals surface area (Å²) in [5.74, 6) is 0.710. The van der Waals surface area contributed by atoms with Crippen LogP contribution in [0.25, 0.3) is 0 Å². The van der Waals surface area contributed by atoms with E-state index in [1.807, 2.05) is 0 Å². The van der Waals surface area contributed by atoms with Crippen molar-refractivity contribution in [1.82, 2.24) is 4.98 Å². The zero-order valence-corrected chi connectivity index (χ0v) is 10.6. The van der Waals surface area contributed by atoms with Crippen LogP contribution >= 0.6 is 0 Å². The average molecular weight is 236 g/mol. The van der Waals surface area contributed by atoms with Crippen LogP contribution in [0.15, 0.2) is 11.2 Å². The highest BCUT2D eigenvalue weighted by Crippen LogP contribution is 2.21. The molecule has 0 atom stereocenters. The first kappa shape index (κ1) is 13.6. The lowest BCUT2D eigenvalue weighted by atomic mass is 10.1. The minimum absolute atomic E-state index is 0.102. The molecule has 1 aromatic rings. The van der Waals surface area contributed by atoms with Gasteiger partial charge in [-0.05, 0) is 19.3 Å². The molecular formula is C13H20N2O2. The van der Waals surface area contributed by atoms with Crippen LogP contribution in [0.5, 0.6) is 5.75 Å². The molecule has 2 N–H and O–H groups in total. The Morgan fingerprint density at radius 3 is 2.76 bits per heavy atom. The van der Waals surface area contributed by atoms with E-state index in [1.54, 1.807) is 19.3 Å². The van der Waals surface area contributed by atoms with E-state index in [0.29, 0.717) is 22.7 Å². The Morgan fingerprint density at radius 2 is 2.18 bits per heavy atom. The third kappa shape index (κ3) is 3.82. The molecule has 4 heteroatoms. The summed E-state index contributed by atoms with van der Waals surface area (Å²) >= 11 is 0. The first-order chi connectivity index (χ1) is 8.06. The highest BCUT2D eigenvalue weighted by atomic mass is 16.3. The predicted molar refractivity (Wildman–Crippen MR) is 68.5 cm³/mol. The minimum Gasteiger partial charge on any atom is -0.505 e. The van der Waals surface area contributed by atoms with Crippen molar-refractivity contribution >= 4 is 6.21 Å². The Labute approximate surface area is 102 Å². The fraction of sp³-hybridized carbons (Fsp3) is 0.538. The van der Waals surface area contributed by atoms with Crippen LogP contribution < -0.4 is 0 Å². The summed E-state index contributed by atoms with van der Waals surface area (Å²) in [4.78, 5) is 8.26. The van der Waals surface area contributed by atoms with E-state index in [9.17, 15) is 5.11 Å². The quantitative estimate of drug-likeness (QED) is 0.769. The van der Waals surface area contributed by atoms with Gasteiger partial charge in [-0.25, -0.2) is 0 Å². The van der Waals surface area contributed by atoms with Crippen molar-refractivity contribution in [2.24, 2.45) is 10.9 Å². The number of aryl methyl sites for hydroxylation is 1. The molecule has 1 heterocycles. The standard InChI is InChI=1S/C13H20N2O2/c1-9(2)4-5-14-7-12-11(8-16)6-15-10(3)13(12)17/h6-7,9,16-17H,4-5,8H2,1-3H3. The van der Waals surface area contributed by atoms with Crippen molar-refractivity contribution in [2.45, 2.75) is 33.8 Å². The molecule has 0 spiro atoms. The molecule has 0 saturated heterocycles. The van der Waals surface area contributed by atoms with Crippen LogP contribution in [0.2, 0.25) is 0 Å². The summed E-state index contributed by atoms with van der Waals surface area (Å²) in [6.45, 7) is 6.59. The Morgan fingerprint density at radius 1 is 1.47 bits per heavy atom. The summed E-state index contributed by atoms with van der Waals surface area (Å²) in [6, 6.07) is 0. The average Bonchev–Trinajstić information content (AvgIpc) is 2.29. The number of aliphatic hydroxyl groups excluding tert-OH is 1. The molecule has 0 radical (unpaired) electrons. The second-order valence-electron chi connectivity index (χ2n) is 4.51. The lowest BCUT2D eigenvalue weighted by molar-refractivity contribution is 0.280. The zero-order chi connectivity index (χ0) is 12.8. The molecule has 0 amide bonds. The van der Waals surface area contributed by atoms with Crippen molar-refractivity contribution in [1.29, 1.82) is 0 Å². The summed E-state index contributed by atoms with van der Waals surface area (Å²) < 4.78 is 0. The highest BCUT2D eigenvalue weighted by Gasteiger charge is 2.08. The maximum absolute atomic E-state index is 9.85. The Hall–Kier alpha value is -1.42. The van der Waals surface area contributed by atoms with Gasteiger partial charge in [-0.15, -0.1) is 0 Å². The third-order valence-electron chi connectivity index (χ3n) is 2.58. The number of aromatic hydroxyl groups is 1. The van der Waals surface area contributed by atoms with Crippen molar-refractivity contribution in [2.75, 3.05) is 6.54 Å². The Kier molecular flexibility index (Phi) is 5.10. The van der Waals surface area contributed by atoms with Gasteiger partial charge in [0.15, 0.2) is 0 Å². The molecule has 0 saturated carbocycles. The number of hydrogen-bond acceptors (Lipinski definition) is 4. The van der Waals surface area contributed by atoms with Crippen LogP contribution in [0, 0.1) is 12.8 Å². The summed E-state index contributed by atoms with van der Waals surface area (Å²) in [5, 5.41) is 19.0. The second-order valence-corrected chi connectivity index (χ2v) is 4.51. The summed E-state index contributed by atoms with van der Waals surface area (Å²) in [7, 11) is 0. The monoisotopic (exact) mass is 236 g/mol. The molecule has 0 aromatic carbocycles. The van der Waals surface area contributed by atoms with Crippen LogP contribution in [0.1, 0.15) is 37.1 Å². The van der Waals surface area contributed by atoms with E-state index in [-0.39, 0.29) is 12.4 Å². The molecular weight excluding hydrogens is 216 g/mol. The van der Waals surface area contributed by atoms with Gasteiger partial charge in [-0.1, -0.05) is 13.8 Å². The van der Waals surface area contributed by atoms with Gasteiger partial charge in [0.05, 0.1) is 12.3 Å². The summed E-state index contributed by atoms with van der Waals surface area (Å²) in [6.07, 6.45) is 4.20. The van der Waals surface area contributed by atoms with E-state index in [1.165, 1.54) is 0 Å². The fourth-order valence-electron chi connectivity index (χ4n) is 1.41. The van der Waals surface area contributed by atoms with Gasteiger partial charge >= 0.3 is 0 Å². The van der Waals surface area contributed by atoms with Gasteiger partial charge in [0.25, 0.3) is 0 Å². The van der Waals surface area contributed by atoms with Crippen LogP contribution in [0.3, 0.4) is 0 Å². The second kappa shape index (κ2) is 6.35. The maximum atomic E-state index is 9.85. The number of rotatable bonds is 5. The molecule has 0 bridgehead atoms. The van der Waals surface area contributed by atoms with Gasteiger partial charge < -0.3 is 10.2 Å². The number of hydrogen-bond donors (Lipinski definition) is 2. The van der Waals surface area contributed by atoms with E-state index in [4.69, 9.17) is 5.11 Å². The normalized spacial score (nSPS) is 11.6. The van der Waals surface area contributed by atoms with E-state index >= 15 is 0 Å². The zero-order valence-electron chi connectivity index (χ0n) is 10.6. The molecule has 0 aliphatic heterocycles. The molecule has 0 unspecified atom stereocenters. The van der Waals surface area contributed by atoms with Gasteiger partial charge in [0.1, 0.15) is 5.75 Å². The predicted octanol–water partition coefficient (Wildman–Crippen LogP) is 2.05. The minimum atomic E-state index is -0.146. The number of nitrogens with zero attached hydrogens (tertiary/aromatic N) is 2. The number of pyridine rings is 1. The number of aliphatic imine (C=N–C) groups is 1. The molecule has 1 aromatic heterocycles. The van der Waals surface area contributed by atoms with Crippen molar-refractivity contribution in [3.8, 4) is 5.75 Å². The molecule has 1 rings (SSSR count). The molecule has 0 aliphatic carbocycles. The SMILES string of the molecule is Cc1ncc(CO)c(C=NCCC(C)C)c1O. The van der Waals surface area contributed by atoms with Crippen molar-refractivity contribution in [3.63, 3.8) is 0 Å². The van der Waals surface area contributed by atoms with Gasteiger partial charge in [-0.3, -0.25) is 9.98 Å². The van der Waals surface area contributed by atoms with Gasteiger partial charge in [0.2, 0.25) is 0 Å². The molecule has 4 nitrogen and oxygen atoms in total. The lowest BCUT2D eigenvalue weighted by Gasteiger charge is -2.07. The Balaban J connectivity index is 2.85. The van der Waals surface area contributed by atoms with Crippen LogP contribution in [-0.2, 0) is 6.61 Å². The van der Waals surface area contributed by atoms with E-state index < -0.39 is 0 Å². The summed E-state index contributed by atoms with van der Waals surface area (Å²) in [5.41, 5.74) is 1.72. The molecule has 17 heavy (non-hydrogen) atoms. The third-order valence-corrected chi connectivity index (χ3v) is 2.58. The highest BCUT2D eigenvalue weighted by molar-refractivity contribution is 5.85. The van der Waals surface area contributed by atoms with Crippen LogP contribution in [-0.4, -0.2) is 28.0 Å². The first-order valence-corrected chi connectivity index (χ1v) is 5.84. The smallest absolute Gasteiger partial charge is 0.145 e. The topological polar surface area (TPSA) is 65.7 Å². The molecule has 0 fully saturated rings.